The molecule has 1 N–H and O–H groups in total. The summed E-state index contributed by atoms with van der Waals surface area (Å²) < 4.78 is 0. The lowest BCUT2D eigenvalue weighted by Crippen LogP contribution is -2.38. The van der Waals surface area contributed by atoms with Gasteiger partial charge in [0.1, 0.15) is 0 Å². The summed E-state index contributed by atoms with van der Waals surface area (Å²) in [6.45, 7) is 4.62. The van der Waals surface area contributed by atoms with E-state index >= 15 is 0 Å². The molecule has 4 nitrogen and oxygen atoms in total. The highest BCUT2D eigenvalue weighted by Gasteiger charge is 2.08. The van der Waals surface area contributed by atoms with Gasteiger partial charge in [-0.2, -0.15) is 0 Å². The van der Waals surface area contributed by atoms with E-state index in [4.69, 9.17) is 11.6 Å². The Morgan fingerprint density at radius 2 is 2.00 bits per heavy atom. The van der Waals surface area contributed by atoms with E-state index in [0.717, 1.165) is 12.0 Å². The fraction of sp³-hybridized carbons (Fsp3) is 0.429. The molecule has 0 bridgehead atoms. The zero-order valence-corrected chi connectivity index (χ0v) is 12.0. The molecule has 0 spiro atoms. The molecule has 0 fully saturated rings. The topological polar surface area (TPSA) is 49.4 Å². The number of halogens is 1. The van der Waals surface area contributed by atoms with E-state index in [1.54, 1.807) is 4.90 Å². The van der Waals surface area contributed by atoms with Crippen LogP contribution in [0.3, 0.4) is 0 Å². The molecule has 1 aromatic carbocycles. The predicted molar refractivity (Wildman–Crippen MR) is 76.1 cm³/mol. The third-order valence-corrected chi connectivity index (χ3v) is 3.00. The molecule has 0 aliphatic carbocycles. The summed E-state index contributed by atoms with van der Waals surface area (Å²) in [5.74, 6) is -0.0780. The van der Waals surface area contributed by atoms with E-state index < -0.39 is 0 Å². The highest BCUT2D eigenvalue weighted by atomic mass is 35.5. The second-order valence-corrected chi connectivity index (χ2v) is 4.81. The van der Waals surface area contributed by atoms with E-state index in [0.29, 0.717) is 24.7 Å². The maximum atomic E-state index is 11.5. The number of amides is 2. The van der Waals surface area contributed by atoms with Gasteiger partial charge in [-0.05, 0) is 24.1 Å². The van der Waals surface area contributed by atoms with Gasteiger partial charge in [0.2, 0.25) is 11.8 Å². The molecule has 2 amide bonds. The van der Waals surface area contributed by atoms with Gasteiger partial charge in [0, 0.05) is 38.5 Å². The molecular weight excluding hydrogens is 264 g/mol. The molecule has 0 aliphatic heterocycles. The number of hydrogen-bond donors (Lipinski definition) is 1. The van der Waals surface area contributed by atoms with Crippen molar-refractivity contribution in [1.29, 1.82) is 0 Å². The molecule has 0 aromatic heterocycles. The molecule has 0 saturated heterocycles. The first-order valence-corrected chi connectivity index (χ1v) is 6.61. The van der Waals surface area contributed by atoms with Gasteiger partial charge in [0.15, 0.2) is 0 Å². The number of carbonyl (C=O) groups excluding carboxylic acids is 2. The van der Waals surface area contributed by atoms with Crippen LogP contribution in [0.4, 0.5) is 0 Å². The predicted octanol–water partition coefficient (Wildman–Crippen LogP) is 1.87. The number of hydrogen-bond acceptors (Lipinski definition) is 2. The Kier molecular flexibility index (Phi) is 6.36. The van der Waals surface area contributed by atoms with Crippen molar-refractivity contribution in [2.45, 2.75) is 20.3 Å². The summed E-state index contributed by atoms with van der Waals surface area (Å²) >= 11 is 5.91. The van der Waals surface area contributed by atoms with Crippen LogP contribution in [0, 0.1) is 0 Å². The summed E-state index contributed by atoms with van der Waals surface area (Å²) in [5.41, 5.74) is 1.10. The Balaban J connectivity index is 2.45. The fourth-order valence-corrected chi connectivity index (χ4v) is 1.96. The Morgan fingerprint density at radius 3 is 2.58 bits per heavy atom. The van der Waals surface area contributed by atoms with Crippen LogP contribution < -0.4 is 5.32 Å². The molecule has 0 saturated carbocycles. The molecule has 0 aliphatic rings. The van der Waals surface area contributed by atoms with Crippen LogP contribution in [0.2, 0.25) is 5.02 Å². The second kappa shape index (κ2) is 7.79. The molecule has 0 unspecified atom stereocenters. The maximum absolute atomic E-state index is 11.5. The molecular formula is C14H19ClN2O2. The van der Waals surface area contributed by atoms with Gasteiger partial charge < -0.3 is 10.2 Å². The Labute approximate surface area is 118 Å². The van der Waals surface area contributed by atoms with E-state index in [2.05, 4.69) is 5.32 Å². The quantitative estimate of drug-likeness (QED) is 0.866. The van der Waals surface area contributed by atoms with E-state index in [9.17, 15) is 9.59 Å². The van der Waals surface area contributed by atoms with Crippen LogP contribution >= 0.6 is 11.6 Å². The van der Waals surface area contributed by atoms with Crippen LogP contribution in [0.15, 0.2) is 24.3 Å². The Bertz CT molecular complexity index is 449. The first-order valence-electron chi connectivity index (χ1n) is 6.23. The number of benzene rings is 1. The summed E-state index contributed by atoms with van der Waals surface area (Å²) in [4.78, 5) is 24.0. The Morgan fingerprint density at radius 1 is 1.26 bits per heavy atom. The van der Waals surface area contributed by atoms with Crippen molar-refractivity contribution in [3.05, 3.63) is 34.9 Å². The van der Waals surface area contributed by atoms with Gasteiger partial charge in [-0.25, -0.2) is 0 Å². The zero-order valence-electron chi connectivity index (χ0n) is 11.3. The lowest BCUT2D eigenvalue weighted by atomic mass is 10.1. The summed E-state index contributed by atoms with van der Waals surface area (Å²) in [6, 6.07) is 7.60. The van der Waals surface area contributed by atoms with Gasteiger partial charge >= 0.3 is 0 Å². The van der Waals surface area contributed by atoms with Crippen molar-refractivity contribution in [2.24, 2.45) is 0 Å². The van der Waals surface area contributed by atoms with Crippen molar-refractivity contribution in [2.75, 3.05) is 19.6 Å². The first kappa shape index (κ1) is 15.5. The van der Waals surface area contributed by atoms with Gasteiger partial charge in [-0.1, -0.05) is 23.7 Å². The zero-order chi connectivity index (χ0) is 14.3. The molecule has 1 rings (SSSR count). The van der Waals surface area contributed by atoms with Gasteiger partial charge in [0.05, 0.1) is 0 Å². The number of nitrogens with one attached hydrogen (secondary N) is 1. The smallest absolute Gasteiger partial charge is 0.219 e. The monoisotopic (exact) mass is 282 g/mol. The highest BCUT2D eigenvalue weighted by Crippen LogP contribution is 2.11. The Hall–Kier alpha value is -1.55. The molecule has 0 heterocycles. The van der Waals surface area contributed by atoms with Gasteiger partial charge in [-0.15, -0.1) is 0 Å². The average Bonchev–Trinajstić information content (AvgIpc) is 2.32. The van der Waals surface area contributed by atoms with E-state index in [1.807, 2.05) is 24.3 Å². The van der Waals surface area contributed by atoms with Crippen LogP contribution in [0.5, 0.6) is 0 Å². The van der Waals surface area contributed by atoms with Crippen LogP contribution in [-0.2, 0) is 16.0 Å². The van der Waals surface area contributed by atoms with Crippen molar-refractivity contribution < 1.29 is 9.59 Å². The maximum Gasteiger partial charge on any atom is 0.219 e. The number of rotatable bonds is 6. The largest absolute Gasteiger partial charge is 0.355 e. The number of carbonyl (C=O) groups is 2. The highest BCUT2D eigenvalue weighted by molar-refractivity contribution is 6.30. The minimum atomic E-state index is -0.0849. The van der Waals surface area contributed by atoms with Crippen molar-refractivity contribution in [3.8, 4) is 0 Å². The normalized spacial score (nSPS) is 10.1. The van der Waals surface area contributed by atoms with Gasteiger partial charge in [0.25, 0.3) is 0 Å². The van der Waals surface area contributed by atoms with E-state index in [-0.39, 0.29) is 11.8 Å². The minimum absolute atomic E-state index is 0.00683. The average molecular weight is 283 g/mol. The third-order valence-electron chi connectivity index (χ3n) is 2.76. The number of nitrogens with zero attached hydrogens (tertiary/aromatic N) is 1. The second-order valence-electron chi connectivity index (χ2n) is 4.37. The molecule has 0 atom stereocenters. The molecule has 19 heavy (non-hydrogen) atoms. The van der Waals surface area contributed by atoms with Crippen molar-refractivity contribution in [3.63, 3.8) is 0 Å². The molecule has 1 aromatic rings. The van der Waals surface area contributed by atoms with Crippen LogP contribution in [0.25, 0.3) is 0 Å². The first-order chi connectivity index (χ1) is 8.99. The van der Waals surface area contributed by atoms with Gasteiger partial charge in [-0.3, -0.25) is 9.59 Å². The van der Waals surface area contributed by atoms with Crippen LogP contribution in [0.1, 0.15) is 19.4 Å². The summed E-state index contributed by atoms with van der Waals surface area (Å²) in [7, 11) is 0. The minimum Gasteiger partial charge on any atom is -0.355 e. The SMILES string of the molecule is CC(=O)NCCN(CCc1cccc(Cl)c1)C(C)=O. The summed E-state index contributed by atoms with van der Waals surface area (Å²) in [5, 5.41) is 3.38. The van der Waals surface area contributed by atoms with Crippen LogP contribution in [-0.4, -0.2) is 36.3 Å². The molecule has 0 radical (unpaired) electrons. The fourth-order valence-electron chi connectivity index (χ4n) is 1.75. The van der Waals surface area contributed by atoms with E-state index in [1.165, 1.54) is 13.8 Å². The molecule has 5 heteroatoms. The summed E-state index contributed by atoms with van der Waals surface area (Å²) in [6.07, 6.45) is 0.750. The third kappa shape index (κ3) is 6.25. The molecule has 104 valence electrons. The van der Waals surface area contributed by atoms with Crippen molar-refractivity contribution in [1.82, 2.24) is 10.2 Å². The lowest BCUT2D eigenvalue weighted by Gasteiger charge is -2.21. The standard InChI is InChI=1S/C14H19ClN2O2/c1-11(18)16-7-9-17(12(2)19)8-6-13-4-3-5-14(15)10-13/h3-5,10H,6-9H2,1-2H3,(H,16,18). The van der Waals surface area contributed by atoms with Crippen molar-refractivity contribution >= 4 is 23.4 Å². The lowest BCUT2D eigenvalue weighted by molar-refractivity contribution is -0.129.